The molecule has 6 heteroatoms. The van der Waals surface area contributed by atoms with E-state index < -0.39 is 0 Å². The van der Waals surface area contributed by atoms with Gasteiger partial charge < -0.3 is 10.3 Å². The third-order valence-corrected chi connectivity index (χ3v) is 7.01. The van der Waals surface area contributed by atoms with Gasteiger partial charge in [-0.3, -0.25) is 5.10 Å². The lowest BCUT2D eigenvalue weighted by atomic mass is 10.0. The molecule has 0 aliphatic carbocycles. The number of aromatic amines is 2. The maximum absolute atomic E-state index is 4.64. The van der Waals surface area contributed by atoms with Gasteiger partial charge in [-0.1, -0.05) is 57.4 Å². The lowest BCUT2D eigenvalue weighted by Gasteiger charge is -2.11. The molecule has 4 heterocycles. The maximum Gasteiger partial charge on any atom is 0.181 e. The lowest BCUT2D eigenvalue weighted by molar-refractivity contribution is 0.829. The first-order valence-electron chi connectivity index (χ1n) is 12.4. The predicted octanol–water partition coefficient (Wildman–Crippen LogP) is 8.32. The van der Waals surface area contributed by atoms with Gasteiger partial charge in [0.2, 0.25) is 0 Å². The number of allylic oxidation sites excluding steroid dienone is 7. The summed E-state index contributed by atoms with van der Waals surface area (Å²) in [5.74, 6) is 0. The molecule has 0 bridgehead atoms. The molecule has 4 aromatic heterocycles. The van der Waals surface area contributed by atoms with Gasteiger partial charge in [0.05, 0.1) is 11.4 Å². The topological polar surface area (TPSA) is 69.4 Å². The minimum Gasteiger partial charge on any atom is -0.359 e. The van der Waals surface area contributed by atoms with Crippen LogP contribution in [0.4, 0.5) is 0 Å². The number of aryl methyl sites for hydroxylation is 1. The van der Waals surface area contributed by atoms with Gasteiger partial charge in [-0.15, -0.1) is 11.3 Å². The first-order valence-corrected chi connectivity index (χ1v) is 13.2. The quantitative estimate of drug-likeness (QED) is 0.179. The third kappa shape index (κ3) is 5.65. The molecule has 37 heavy (non-hydrogen) atoms. The second kappa shape index (κ2) is 11.7. The van der Waals surface area contributed by atoms with E-state index in [9.17, 15) is 0 Å². The second-order valence-electron chi connectivity index (χ2n) is 8.74. The predicted molar refractivity (Wildman–Crippen MR) is 159 cm³/mol. The molecule has 0 aliphatic rings. The molecule has 0 saturated heterocycles. The van der Waals surface area contributed by atoms with E-state index in [1.165, 1.54) is 4.88 Å². The van der Waals surface area contributed by atoms with Crippen molar-refractivity contribution >= 4 is 33.5 Å². The summed E-state index contributed by atoms with van der Waals surface area (Å²) in [6.07, 6.45) is 13.6. The average Bonchev–Trinajstić information content (AvgIpc) is 3.65. The van der Waals surface area contributed by atoms with Crippen LogP contribution in [-0.4, -0.2) is 20.2 Å². The van der Waals surface area contributed by atoms with E-state index in [-0.39, 0.29) is 0 Å². The molecule has 0 spiro atoms. The third-order valence-electron chi connectivity index (χ3n) is 6.10. The minimum absolute atomic E-state index is 0.672. The average molecular weight is 508 g/mol. The normalized spacial score (nSPS) is 12.7. The Bertz CT molecular complexity index is 1520. The van der Waals surface area contributed by atoms with E-state index >= 15 is 0 Å². The zero-order valence-corrected chi connectivity index (χ0v) is 22.5. The van der Waals surface area contributed by atoms with Crippen molar-refractivity contribution in [1.82, 2.24) is 25.5 Å². The van der Waals surface area contributed by atoms with Crippen LogP contribution in [0.2, 0.25) is 0 Å². The number of H-pyrrole nitrogens is 2. The number of nitrogens with one attached hydrogen (secondary N) is 3. The second-order valence-corrected chi connectivity index (χ2v) is 9.68. The summed E-state index contributed by atoms with van der Waals surface area (Å²) < 4.78 is 0. The van der Waals surface area contributed by atoms with Crippen LogP contribution < -0.4 is 5.32 Å². The van der Waals surface area contributed by atoms with Crippen LogP contribution in [0.15, 0.2) is 97.4 Å². The zero-order valence-electron chi connectivity index (χ0n) is 21.7. The van der Waals surface area contributed by atoms with Crippen molar-refractivity contribution in [3.8, 4) is 11.4 Å². The van der Waals surface area contributed by atoms with Gasteiger partial charge in [0.25, 0.3) is 0 Å². The van der Waals surface area contributed by atoms with Crippen molar-refractivity contribution in [2.24, 2.45) is 0 Å². The van der Waals surface area contributed by atoms with Crippen LogP contribution in [-0.2, 0) is 0 Å². The van der Waals surface area contributed by atoms with Gasteiger partial charge >= 0.3 is 0 Å². The molecule has 0 atom stereocenters. The van der Waals surface area contributed by atoms with Gasteiger partial charge in [-0.25, -0.2) is 4.98 Å². The van der Waals surface area contributed by atoms with Crippen LogP contribution in [0.5, 0.6) is 0 Å². The van der Waals surface area contributed by atoms with Crippen molar-refractivity contribution in [2.75, 3.05) is 0 Å². The van der Waals surface area contributed by atoms with Crippen molar-refractivity contribution in [3.05, 3.63) is 119 Å². The van der Waals surface area contributed by atoms with Crippen LogP contribution in [0, 0.1) is 6.92 Å². The van der Waals surface area contributed by atoms with E-state index in [2.05, 4.69) is 107 Å². The number of rotatable bonds is 11. The van der Waals surface area contributed by atoms with Crippen molar-refractivity contribution in [1.29, 1.82) is 0 Å². The minimum atomic E-state index is 0.672. The Morgan fingerprint density at radius 2 is 2.08 bits per heavy atom. The number of aromatic nitrogens is 4. The fourth-order valence-corrected chi connectivity index (χ4v) is 5.07. The van der Waals surface area contributed by atoms with Gasteiger partial charge in [0.15, 0.2) is 5.65 Å². The monoisotopic (exact) mass is 507 g/mol. The molecule has 5 nitrogen and oxygen atoms in total. The van der Waals surface area contributed by atoms with Crippen LogP contribution in [0.3, 0.4) is 0 Å². The number of nitrogens with zero attached hydrogens (tertiary/aromatic N) is 2. The highest BCUT2D eigenvalue weighted by Crippen LogP contribution is 2.34. The Labute approximate surface area is 222 Å². The SMILES string of the molecule is C=C/C=C(/c1cccs1)c1cc(-c2[nH]nc3ncc(C(/C=C(\C=C)NC(=C)CCC)=C/C)cc23)[nH]c1C. The summed E-state index contributed by atoms with van der Waals surface area (Å²) in [6.45, 7) is 18.2. The maximum atomic E-state index is 4.64. The van der Waals surface area contributed by atoms with E-state index in [4.69, 9.17) is 0 Å². The molecule has 4 rings (SSSR count). The Kier molecular flexibility index (Phi) is 8.21. The molecule has 0 amide bonds. The molecule has 0 radical (unpaired) electrons. The van der Waals surface area contributed by atoms with Crippen LogP contribution >= 0.6 is 11.3 Å². The van der Waals surface area contributed by atoms with Gasteiger partial charge in [-0.05, 0) is 61.6 Å². The summed E-state index contributed by atoms with van der Waals surface area (Å²) in [5.41, 5.74) is 9.79. The number of fused-ring (bicyclic) bond motifs is 1. The number of thiophene rings is 1. The van der Waals surface area contributed by atoms with Crippen LogP contribution in [0.1, 0.15) is 48.4 Å². The summed E-state index contributed by atoms with van der Waals surface area (Å²) in [4.78, 5) is 9.39. The smallest absolute Gasteiger partial charge is 0.181 e. The molecule has 188 valence electrons. The largest absolute Gasteiger partial charge is 0.359 e. The van der Waals surface area contributed by atoms with E-state index in [0.717, 1.165) is 69.0 Å². The molecule has 0 unspecified atom stereocenters. The molecule has 0 aliphatic heterocycles. The molecule has 0 aromatic carbocycles. The van der Waals surface area contributed by atoms with Gasteiger partial charge in [0.1, 0.15) is 0 Å². The first kappa shape index (κ1) is 25.9. The Morgan fingerprint density at radius 1 is 1.24 bits per heavy atom. The Balaban J connectivity index is 1.73. The highest BCUT2D eigenvalue weighted by molar-refractivity contribution is 7.11. The van der Waals surface area contributed by atoms with Crippen molar-refractivity contribution in [3.63, 3.8) is 0 Å². The molecule has 3 N–H and O–H groups in total. The first-order chi connectivity index (χ1) is 18.0. The molecular formula is C31H33N5S. The number of hydrogen-bond donors (Lipinski definition) is 3. The van der Waals surface area contributed by atoms with E-state index in [1.54, 1.807) is 11.3 Å². The zero-order chi connectivity index (χ0) is 26.4. The lowest BCUT2D eigenvalue weighted by Crippen LogP contribution is -2.10. The summed E-state index contributed by atoms with van der Waals surface area (Å²) in [6, 6.07) is 8.49. The van der Waals surface area contributed by atoms with Crippen molar-refractivity contribution in [2.45, 2.75) is 33.6 Å². The van der Waals surface area contributed by atoms with E-state index in [1.807, 2.05) is 25.3 Å². The van der Waals surface area contributed by atoms with Crippen molar-refractivity contribution < 1.29 is 0 Å². The fourth-order valence-electron chi connectivity index (χ4n) is 4.30. The van der Waals surface area contributed by atoms with Gasteiger partial charge in [0, 0.05) is 50.2 Å². The number of hydrogen-bond acceptors (Lipinski definition) is 4. The molecular weight excluding hydrogens is 474 g/mol. The fraction of sp³-hybridized carbons (Fsp3) is 0.161. The Morgan fingerprint density at radius 3 is 2.76 bits per heavy atom. The van der Waals surface area contributed by atoms with E-state index in [0.29, 0.717) is 5.65 Å². The Hall–Kier alpha value is -4.16. The molecule has 4 aromatic rings. The highest BCUT2D eigenvalue weighted by Gasteiger charge is 2.17. The standard InChI is InChI=1S/C31H33N5S/c1-7-12-20(5)33-24(10-4)16-22(9-3)23-17-27-30(35-36-31(27)32-19-23)28-18-26(21(6)34-28)25(13-8-2)29-14-11-15-37-29/h8-11,13-19,33-34H,2,4-5,7,12H2,1,3,6H3,(H,32,35,36)/b22-9+,24-16+,25-13+. The summed E-state index contributed by atoms with van der Waals surface area (Å²) in [5, 5.41) is 14.1. The summed E-state index contributed by atoms with van der Waals surface area (Å²) in [7, 11) is 0. The van der Waals surface area contributed by atoms with Crippen LogP contribution in [0.25, 0.3) is 33.6 Å². The highest BCUT2D eigenvalue weighted by atomic mass is 32.1. The molecule has 0 saturated carbocycles. The number of pyridine rings is 1. The van der Waals surface area contributed by atoms with Gasteiger partial charge in [-0.2, -0.15) is 5.10 Å². The molecule has 0 fully saturated rings. The summed E-state index contributed by atoms with van der Waals surface area (Å²) >= 11 is 1.71.